The molecule has 9 rings (SSSR count). The molecule has 0 spiro atoms. The molecule has 16 nitrogen and oxygen atoms in total. The van der Waals surface area contributed by atoms with E-state index in [9.17, 15) is 35.9 Å². The van der Waals surface area contributed by atoms with Gasteiger partial charge in [0.05, 0.1) is 30.1 Å². The molecule has 298 valence electrons. The highest BCUT2D eigenvalue weighted by Gasteiger charge is 2.47. The van der Waals surface area contributed by atoms with Crippen LogP contribution in [0.15, 0.2) is 73.6 Å². The van der Waals surface area contributed by atoms with Gasteiger partial charge in [-0.25, -0.2) is 29.0 Å². The minimum Gasteiger partial charge on any atom is -0.344 e. The van der Waals surface area contributed by atoms with Gasteiger partial charge in [-0.2, -0.15) is 36.5 Å². The second kappa shape index (κ2) is 14.0. The van der Waals surface area contributed by atoms with Gasteiger partial charge in [-0.1, -0.05) is 0 Å². The van der Waals surface area contributed by atoms with Gasteiger partial charge >= 0.3 is 12.4 Å². The van der Waals surface area contributed by atoms with Gasteiger partial charge in [0.15, 0.2) is 17.0 Å². The lowest BCUT2D eigenvalue weighted by Gasteiger charge is -2.28. The van der Waals surface area contributed by atoms with Crippen LogP contribution in [0.4, 0.5) is 49.5 Å². The molecule has 2 amide bonds. The summed E-state index contributed by atoms with van der Waals surface area (Å²) in [5.41, 5.74) is 1.49. The normalized spacial score (nSPS) is 17.6. The minimum absolute atomic E-state index is 0.00202. The van der Waals surface area contributed by atoms with Gasteiger partial charge < -0.3 is 20.4 Å². The Morgan fingerprint density at radius 2 is 1.55 bits per heavy atom. The number of rotatable bonds is 8. The zero-order valence-electron chi connectivity index (χ0n) is 30.0. The molecular weight excluding hydrogens is 774 g/mol. The van der Waals surface area contributed by atoms with E-state index >= 15 is 0 Å². The Kier molecular flexibility index (Phi) is 8.84. The van der Waals surface area contributed by atoms with E-state index in [-0.39, 0.29) is 72.5 Å². The molecule has 2 unspecified atom stereocenters. The van der Waals surface area contributed by atoms with E-state index in [1.807, 2.05) is 0 Å². The minimum atomic E-state index is -4.51. The van der Waals surface area contributed by atoms with Gasteiger partial charge in [0.25, 0.3) is 11.8 Å². The van der Waals surface area contributed by atoms with Gasteiger partial charge in [0, 0.05) is 42.6 Å². The monoisotopic (exact) mass is 804 g/mol. The van der Waals surface area contributed by atoms with Crippen LogP contribution >= 0.6 is 0 Å². The third kappa shape index (κ3) is 6.83. The fourth-order valence-corrected chi connectivity index (χ4v) is 7.50. The van der Waals surface area contributed by atoms with Crippen molar-refractivity contribution in [3.8, 4) is 0 Å². The highest BCUT2D eigenvalue weighted by molar-refractivity contribution is 6.08. The van der Waals surface area contributed by atoms with Gasteiger partial charge in [0.1, 0.15) is 41.4 Å². The molecule has 0 aliphatic carbocycles. The first-order valence-electron chi connectivity index (χ1n) is 18.1. The number of hydrogen-bond donors (Lipinski definition) is 2. The van der Waals surface area contributed by atoms with E-state index in [1.165, 1.54) is 68.0 Å². The second-order valence-corrected chi connectivity index (χ2v) is 13.9. The van der Waals surface area contributed by atoms with E-state index in [0.717, 1.165) is 0 Å². The number of hydrogen-bond acceptors (Lipinski definition) is 11. The van der Waals surface area contributed by atoms with Crippen molar-refractivity contribution in [1.29, 1.82) is 0 Å². The number of imidazole rings is 1. The number of nitrogens with zero attached hydrogens (tertiary/aromatic N) is 12. The smallest absolute Gasteiger partial charge is 0.344 e. The maximum Gasteiger partial charge on any atom is 0.408 e. The number of halogens is 6. The summed E-state index contributed by atoms with van der Waals surface area (Å²) in [6, 6.07) is 7.44. The van der Waals surface area contributed by atoms with Crippen LogP contribution in [0.5, 0.6) is 0 Å². The molecule has 1 aromatic carbocycles. The van der Waals surface area contributed by atoms with Crippen LogP contribution < -0.4 is 20.4 Å². The molecule has 0 saturated carbocycles. The molecule has 2 atom stereocenters. The summed E-state index contributed by atoms with van der Waals surface area (Å²) < 4.78 is 87.5. The first kappa shape index (κ1) is 36.7. The standard InChI is InChI=1S/C36H30F6N14O2/c37-35(38,39)26-3-1-11-53(26)30-8-7-29-44-16-25(56(29)51-30)34(58)47-21-6-5-20-17-52(50-24(20)13-21)18-22-14-31(54-12-2-4-27(54)36(40,41)42)49-32-23(15-46-55(22)32)33(57)48-28-9-10-43-19-45-28/h5-10,13-17,19,26-27H,1-4,11-12,18H2,(H,47,58)(H,43,45,48,57). The second-order valence-electron chi connectivity index (χ2n) is 13.9. The topological polar surface area (TPSA) is 169 Å². The summed E-state index contributed by atoms with van der Waals surface area (Å²) in [5.74, 6) is -0.943. The first-order chi connectivity index (χ1) is 27.8. The average Bonchev–Trinajstić information content (AvgIpc) is 4.03. The van der Waals surface area contributed by atoms with Crippen LogP contribution in [0.25, 0.3) is 22.2 Å². The lowest BCUT2D eigenvalue weighted by Crippen LogP contribution is -2.41. The summed E-state index contributed by atoms with van der Waals surface area (Å²) in [7, 11) is 0. The van der Waals surface area contributed by atoms with Crippen molar-refractivity contribution in [1.82, 2.24) is 48.9 Å². The summed E-state index contributed by atoms with van der Waals surface area (Å²) in [5, 5.41) is 19.4. The third-order valence-corrected chi connectivity index (χ3v) is 10.2. The Bertz CT molecular complexity index is 2690. The predicted molar refractivity (Wildman–Crippen MR) is 196 cm³/mol. The number of aromatic nitrogens is 10. The number of benzene rings is 1. The van der Waals surface area contributed by atoms with Crippen LogP contribution in [-0.4, -0.2) is 98.3 Å². The molecule has 22 heteroatoms. The van der Waals surface area contributed by atoms with Crippen molar-refractivity contribution in [2.75, 3.05) is 33.5 Å². The van der Waals surface area contributed by atoms with Crippen molar-refractivity contribution in [3.63, 3.8) is 0 Å². The molecule has 2 fully saturated rings. The third-order valence-electron chi connectivity index (χ3n) is 10.2. The molecular formula is C36H30F6N14O2. The van der Waals surface area contributed by atoms with Crippen LogP contribution in [0, 0.1) is 0 Å². The quantitative estimate of drug-likeness (QED) is 0.186. The summed E-state index contributed by atoms with van der Waals surface area (Å²) in [6.07, 6.45) is -1.51. The Labute approximate surface area is 322 Å². The van der Waals surface area contributed by atoms with E-state index < -0.39 is 36.3 Å². The van der Waals surface area contributed by atoms with E-state index in [4.69, 9.17) is 0 Å². The number of carbonyl (C=O) groups excluding carboxylic acids is 2. The van der Waals surface area contributed by atoms with Crippen molar-refractivity contribution in [3.05, 3.63) is 90.5 Å². The van der Waals surface area contributed by atoms with Crippen LogP contribution in [0.3, 0.4) is 0 Å². The molecule has 58 heavy (non-hydrogen) atoms. The van der Waals surface area contributed by atoms with Crippen molar-refractivity contribution in [2.24, 2.45) is 0 Å². The molecule has 2 saturated heterocycles. The van der Waals surface area contributed by atoms with Crippen LogP contribution in [0.1, 0.15) is 52.2 Å². The van der Waals surface area contributed by atoms with Crippen LogP contribution in [-0.2, 0) is 6.54 Å². The Hall–Kier alpha value is -6.87. The van der Waals surface area contributed by atoms with Gasteiger partial charge in [-0.15, -0.1) is 5.10 Å². The molecule has 2 N–H and O–H groups in total. The largest absolute Gasteiger partial charge is 0.408 e. The summed E-state index contributed by atoms with van der Waals surface area (Å²) in [4.78, 5) is 45.7. The lowest BCUT2D eigenvalue weighted by atomic mass is 10.2. The molecule has 7 aromatic rings. The Morgan fingerprint density at radius 1 is 0.793 bits per heavy atom. The maximum atomic E-state index is 14.1. The summed E-state index contributed by atoms with van der Waals surface area (Å²) in [6.45, 7) is 0.275. The zero-order chi connectivity index (χ0) is 40.3. The molecule has 6 aromatic heterocycles. The number of anilines is 4. The lowest BCUT2D eigenvalue weighted by molar-refractivity contribution is -0.146. The molecule has 8 heterocycles. The van der Waals surface area contributed by atoms with Crippen molar-refractivity contribution >= 4 is 57.2 Å². The predicted octanol–water partition coefficient (Wildman–Crippen LogP) is 5.53. The fourth-order valence-electron chi connectivity index (χ4n) is 7.50. The summed E-state index contributed by atoms with van der Waals surface area (Å²) >= 11 is 0. The van der Waals surface area contributed by atoms with Gasteiger partial charge in [0.2, 0.25) is 0 Å². The molecule has 2 aliphatic rings. The van der Waals surface area contributed by atoms with Gasteiger partial charge in [-0.3, -0.25) is 14.3 Å². The van der Waals surface area contributed by atoms with Crippen LogP contribution in [0.2, 0.25) is 0 Å². The van der Waals surface area contributed by atoms with Gasteiger partial charge in [-0.05, 0) is 62.1 Å². The molecule has 0 bridgehead atoms. The Balaban J connectivity index is 0.996. The molecule has 2 aliphatic heterocycles. The number of amides is 2. The van der Waals surface area contributed by atoms with Crippen molar-refractivity contribution in [2.45, 2.75) is 56.7 Å². The number of nitrogens with one attached hydrogen (secondary N) is 2. The highest BCUT2D eigenvalue weighted by atomic mass is 19.4. The van der Waals surface area contributed by atoms with E-state index in [1.54, 1.807) is 29.1 Å². The zero-order valence-corrected chi connectivity index (χ0v) is 30.0. The van der Waals surface area contributed by atoms with Crippen molar-refractivity contribution < 1.29 is 35.9 Å². The molecule has 0 radical (unpaired) electrons. The Morgan fingerprint density at radius 3 is 2.28 bits per heavy atom. The first-order valence-corrected chi connectivity index (χ1v) is 18.1. The SMILES string of the molecule is O=C(Nc1ccncn1)c1cnn2c(Cn3cc4ccc(NC(=O)c5cnc6ccc(N7CCCC7C(F)(F)F)nn56)cc4n3)cc(N3CCCC3C(F)(F)F)nc12. The fraction of sp³-hybridized carbons (Fsp3) is 0.306. The number of fused-ring (bicyclic) bond motifs is 3. The number of carbonyl (C=O) groups is 2. The average molecular weight is 805 g/mol. The van der Waals surface area contributed by atoms with E-state index in [0.29, 0.717) is 35.1 Å². The highest BCUT2D eigenvalue weighted by Crippen LogP contribution is 2.37. The number of alkyl halides is 6. The maximum absolute atomic E-state index is 14.1. The van der Waals surface area contributed by atoms with E-state index in [2.05, 4.69) is 45.9 Å².